The van der Waals surface area contributed by atoms with E-state index in [1.165, 1.54) is 0 Å². The summed E-state index contributed by atoms with van der Waals surface area (Å²) >= 11 is 0. The molecule has 0 saturated heterocycles. The third-order valence-electron chi connectivity index (χ3n) is 2.75. The van der Waals surface area contributed by atoms with E-state index in [4.69, 9.17) is 18.1 Å². The summed E-state index contributed by atoms with van der Waals surface area (Å²) in [5.74, 6) is 0. The number of hydrogen-bond acceptors (Lipinski definition) is 6. The van der Waals surface area contributed by atoms with Crippen LogP contribution >= 0.6 is 15.2 Å². The summed E-state index contributed by atoms with van der Waals surface area (Å²) in [5, 5.41) is -0.0435. The molecule has 132 valence electrons. The Morgan fingerprint density at radius 3 is 1.39 bits per heavy atom. The minimum atomic E-state index is -3.83. The van der Waals surface area contributed by atoms with Crippen LogP contribution in [-0.2, 0) is 27.2 Å². The van der Waals surface area contributed by atoms with Crippen molar-refractivity contribution in [1.82, 2.24) is 0 Å². The Bertz CT molecular complexity index is 498. The molecule has 0 fully saturated rings. The highest BCUT2D eigenvalue weighted by Crippen LogP contribution is 2.77. The smallest absolute Gasteiger partial charge is 0.314 e. The van der Waals surface area contributed by atoms with Gasteiger partial charge in [-0.05, 0) is 27.7 Å². The van der Waals surface area contributed by atoms with E-state index >= 15 is 0 Å². The van der Waals surface area contributed by atoms with Gasteiger partial charge < -0.3 is 18.1 Å². The van der Waals surface area contributed by atoms with Crippen LogP contribution in [0.2, 0.25) is 0 Å². The highest BCUT2D eigenvalue weighted by molar-refractivity contribution is 7.77. The topological polar surface area (TPSA) is 71.1 Å². The van der Waals surface area contributed by atoms with Crippen molar-refractivity contribution >= 4 is 15.2 Å². The zero-order valence-electron chi connectivity index (χ0n) is 14.1. The predicted molar refractivity (Wildman–Crippen MR) is 90.5 cm³/mol. The van der Waals surface area contributed by atoms with E-state index in [2.05, 4.69) is 0 Å². The van der Waals surface area contributed by atoms with Crippen molar-refractivity contribution < 1.29 is 27.2 Å². The van der Waals surface area contributed by atoms with Gasteiger partial charge in [0.1, 0.15) is 0 Å². The predicted octanol–water partition coefficient (Wildman–Crippen LogP) is 5.06. The molecule has 0 unspecified atom stereocenters. The van der Waals surface area contributed by atoms with Crippen molar-refractivity contribution in [2.75, 3.05) is 26.4 Å². The van der Waals surface area contributed by atoms with E-state index in [0.717, 1.165) is 0 Å². The average Bonchev–Trinajstić information content (AvgIpc) is 2.49. The number of benzene rings is 1. The molecule has 0 N–H and O–H groups in total. The van der Waals surface area contributed by atoms with Crippen molar-refractivity contribution in [2.24, 2.45) is 0 Å². The van der Waals surface area contributed by atoms with Gasteiger partial charge in [0.25, 0.3) is 0 Å². The lowest BCUT2D eigenvalue weighted by molar-refractivity contribution is 0.208. The fraction of sp³-hybridized carbons (Fsp3) is 0.533. The molecule has 0 radical (unpaired) electrons. The van der Waals surface area contributed by atoms with Crippen molar-refractivity contribution in [3.05, 3.63) is 41.3 Å². The lowest BCUT2D eigenvalue weighted by atomic mass is 10.2. The van der Waals surface area contributed by atoms with Gasteiger partial charge in [0.2, 0.25) is 0 Å². The van der Waals surface area contributed by atoms with Crippen molar-refractivity contribution in [2.45, 2.75) is 27.7 Å². The third kappa shape index (κ3) is 5.18. The SMILES string of the molecule is CCOP(=O)(OCC)[C-](c1ccccc1)P(=O)(OCC)OCC. The molecule has 0 aliphatic carbocycles. The van der Waals surface area contributed by atoms with E-state index in [0.29, 0.717) is 5.56 Å². The minimum Gasteiger partial charge on any atom is -0.314 e. The maximum atomic E-state index is 13.3. The molecule has 0 spiro atoms. The third-order valence-corrected chi connectivity index (χ3v) is 8.16. The van der Waals surface area contributed by atoms with Gasteiger partial charge in [0, 0.05) is 0 Å². The summed E-state index contributed by atoms with van der Waals surface area (Å²) in [7, 11) is -7.66. The second kappa shape index (κ2) is 9.63. The Hall–Kier alpha value is -0.610. The highest BCUT2D eigenvalue weighted by Gasteiger charge is 2.45. The van der Waals surface area contributed by atoms with Crippen LogP contribution in [0.3, 0.4) is 0 Å². The molecular formula is C15H25O6P2-. The van der Waals surface area contributed by atoms with Crippen LogP contribution in [0.15, 0.2) is 30.3 Å². The molecule has 0 aliphatic rings. The van der Waals surface area contributed by atoms with Gasteiger partial charge in [0.15, 0.2) is 0 Å². The molecule has 23 heavy (non-hydrogen) atoms. The number of rotatable bonds is 11. The van der Waals surface area contributed by atoms with Crippen molar-refractivity contribution in [3.8, 4) is 0 Å². The van der Waals surface area contributed by atoms with Gasteiger partial charge in [-0.15, -0.1) is 12.1 Å². The first kappa shape index (κ1) is 20.4. The van der Waals surface area contributed by atoms with Crippen LogP contribution < -0.4 is 0 Å². The molecule has 0 heterocycles. The molecule has 0 saturated carbocycles. The summed E-state index contributed by atoms with van der Waals surface area (Å²) in [4.78, 5) is 0. The van der Waals surface area contributed by atoms with Crippen LogP contribution in [0.25, 0.3) is 0 Å². The quantitative estimate of drug-likeness (QED) is 0.404. The second-order valence-corrected chi connectivity index (χ2v) is 8.63. The van der Waals surface area contributed by atoms with Crippen molar-refractivity contribution in [1.29, 1.82) is 0 Å². The zero-order valence-corrected chi connectivity index (χ0v) is 15.8. The van der Waals surface area contributed by atoms with E-state index in [1.807, 2.05) is 0 Å². The summed E-state index contributed by atoms with van der Waals surface area (Å²) in [6.07, 6.45) is 0. The van der Waals surface area contributed by atoms with Gasteiger partial charge in [0.05, 0.1) is 31.8 Å². The van der Waals surface area contributed by atoms with Crippen LogP contribution in [0, 0.1) is 5.40 Å². The molecule has 1 aromatic rings. The Morgan fingerprint density at radius 2 is 1.09 bits per heavy atom. The monoisotopic (exact) mass is 363 g/mol. The molecule has 8 heteroatoms. The van der Waals surface area contributed by atoms with Gasteiger partial charge in [-0.25, -0.2) is 0 Å². The van der Waals surface area contributed by atoms with E-state index in [-0.39, 0.29) is 31.8 Å². The molecule has 1 aromatic carbocycles. The average molecular weight is 363 g/mol. The van der Waals surface area contributed by atoms with Gasteiger partial charge in [-0.2, -0.15) is 17.7 Å². The molecule has 0 amide bonds. The first-order chi connectivity index (χ1) is 11.0. The molecule has 0 atom stereocenters. The summed E-state index contributed by atoms with van der Waals surface area (Å²) in [5.41, 5.74) is 0.461. The normalized spacial score (nSPS) is 12.3. The molecule has 0 aliphatic heterocycles. The Kier molecular flexibility index (Phi) is 8.56. The molecule has 0 aromatic heterocycles. The Balaban J connectivity index is 3.47. The maximum absolute atomic E-state index is 13.3. The summed E-state index contributed by atoms with van der Waals surface area (Å²) in [6, 6.07) is 8.68. The standard InChI is InChI=1S/C15H25O6P2/c1-5-18-22(16,19-6-2)15(14-12-10-9-11-13-14)23(17,20-7-3)21-8-4/h9-13H,5-8H2,1-4H3/q-1. The minimum absolute atomic E-state index is 0.0435. The lowest BCUT2D eigenvalue weighted by Crippen LogP contribution is -2.12. The molecule has 0 bridgehead atoms. The van der Waals surface area contributed by atoms with E-state index in [1.54, 1.807) is 58.0 Å². The molecular weight excluding hydrogens is 338 g/mol. The Morgan fingerprint density at radius 1 is 0.739 bits per heavy atom. The Labute approximate surface area is 138 Å². The summed E-state index contributed by atoms with van der Waals surface area (Å²) in [6.45, 7) is 7.36. The lowest BCUT2D eigenvalue weighted by Gasteiger charge is -2.36. The zero-order chi connectivity index (χ0) is 17.3. The maximum Gasteiger partial charge on any atom is 0.317 e. The van der Waals surface area contributed by atoms with E-state index < -0.39 is 15.2 Å². The van der Waals surface area contributed by atoms with Gasteiger partial charge in [-0.1, -0.05) is 6.07 Å². The van der Waals surface area contributed by atoms with Crippen molar-refractivity contribution in [3.63, 3.8) is 0 Å². The summed E-state index contributed by atoms with van der Waals surface area (Å²) < 4.78 is 48.2. The van der Waals surface area contributed by atoms with Crippen LogP contribution in [0.5, 0.6) is 0 Å². The van der Waals surface area contributed by atoms with Crippen LogP contribution in [-0.4, -0.2) is 26.4 Å². The highest BCUT2D eigenvalue weighted by atomic mass is 31.2. The molecule has 6 nitrogen and oxygen atoms in total. The fourth-order valence-corrected chi connectivity index (χ4v) is 6.87. The van der Waals surface area contributed by atoms with Gasteiger partial charge in [-0.3, -0.25) is 9.13 Å². The first-order valence-corrected chi connectivity index (χ1v) is 10.8. The number of hydrogen-bond donors (Lipinski definition) is 0. The largest absolute Gasteiger partial charge is 0.317 e. The van der Waals surface area contributed by atoms with E-state index in [9.17, 15) is 9.13 Å². The fourth-order valence-electron chi connectivity index (χ4n) is 2.05. The molecule has 1 rings (SSSR count). The van der Waals surface area contributed by atoms with Gasteiger partial charge >= 0.3 is 15.2 Å². The first-order valence-electron chi connectivity index (χ1n) is 7.69. The van der Waals surface area contributed by atoms with Crippen LogP contribution in [0.1, 0.15) is 33.3 Å². The second-order valence-electron chi connectivity index (χ2n) is 4.36. The van der Waals surface area contributed by atoms with Crippen LogP contribution in [0.4, 0.5) is 0 Å².